The van der Waals surface area contributed by atoms with E-state index in [1.165, 1.54) is 6.92 Å². The summed E-state index contributed by atoms with van der Waals surface area (Å²) in [5, 5.41) is 2.88. The summed E-state index contributed by atoms with van der Waals surface area (Å²) >= 11 is 0. The van der Waals surface area contributed by atoms with E-state index in [-0.39, 0.29) is 18.3 Å². The van der Waals surface area contributed by atoms with Gasteiger partial charge in [0.15, 0.2) is 11.9 Å². The van der Waals surface area contributed by atoms with Gasteiger partial charge in [-0.05, 0) is 56.3 Å². The van der Waals surface area contributed by atoms with Crippen LogP contribution in [-0.4, -0.2) is 51.2 Å². The highest BCUT2D eigenvalue weighted by atomic mass is 16.5. The Morgan fingerprint density at radius 1 is 1.13 bits per heavy atom. The predicted octanol–water partition coefficient (Wildman–Crippen LogP) is 3.28. The Kier molecular flexibility index (Phi) is 7.43. The number of ketones is 1. The third kappa shape index (κ3) is 5.58. The lowest BCUT2D eigenvalue weighted by Crippen LogP contribution is -2.36. The van der Waals surface area contributed by atoms with Gasteiger partial charge in [0.05, 0.1) is 19.8 Å². The van der Waals surface area contributed by atoms with Gasteiger partial charge < -0.3 is 24.4 Å². The van der Waals surface area contributed by atoms with Crippen LogP contribution in [0.25, 0.3) is 0 Å². The molecule has 1 fully saturated rings. The second-order valence-corrected chi connectivity index (χ2v) is 7.21. The molecule has 1 aliphatic heterocycles. The van der Waals surface area contributed by atoms with Gasteiger partial charge in [-0.2, -0.15) is 0 Å². The molecule has 0 aromatic heterocycles. The van der Waals surface area contributed by atoms with Crippen molar-refractivity contribution in [1.82, 2.24) is 0 Å². The lowest BCUT2D eigenvalue weighted by Gasteiger charge is -2.29. The predicted molar refractivity (Wildman–Crippen MR) is 115 cm³/mol. The minimum atomic E-state index is -0.720. The molecule has 0 aliphatic carbocycles. The summed E-state index contributed by atoms with van der Waals surface area (Å²) in [6, 6.07) is 12.9. The van der Waals surface area contributed by atoms with E-state index in [1.54, 1.807) is 32.2 Å². The molecule has 1 aliphatic rings. The number of anilines is 2. The molecule has 0 unspecified atom stereocenters. The number of Topliss-reactive ketones (excluding diaryl/α,β-unsaturated/α-hetero) is 1. The minimum absolute atomic E-state index is 0.0368. The Labute approximate surface area is 176 Å². The molecule has 0 bridgehead atoms. The van der Waals surface area contributed by atoms with E-state index >= 15 is 0 Å². The molecule has 0 saturated carbocycles. The average molecular weight is 412 g/mol. The maximum absolute atomic E-state index is 12.6. The fourth-order valence-corrected chi connectivity index (χ4v) is 3.25. The van der Waals surface area contributed by atoms with Gasteiger partial charge in [0.1, 0.15) is 5.75 Å². The molecule has 7 nitrogen and oxygen atoms in total. The molecule has 3 rings (SSSR count). The summed E-state index contributed by atoms with van der Waals surface area (Å²) in [6.07, 6.45) is -0.720. The first-order chi connectivity index (χ1) is 14.5. The zero-order chi connectivity index (χ0) is 21.5. The van der Waals surface area contributed by atoms with Crippen LogP contribution in [0.15, 0.2) is 42.5 Å². The summed E-state index contributed by atoms with van der Waals surface area (Å²) in [5.41, 5.74) is 3.11. The van der Waals surface area contributed by atoms with Crippen LogP contribution >= 0.6 is 0 Å². The van der Waals surface area contributed by atoms with Crippen LogP contribution in [0.2, 0.25) is 0 Å². The summed E-state index contributed by atoms with van der Waals surface area (Å²) in [5.74, 6) is 0.227. The molecule has 30 heavy (non-hydrogen) atoms. The highest BCUT2D eigenvalue weighted by molar-refractivity contribution is 5.95. The molecule has 0 radical (unpaired) electrons. The van der Waals surface area contributed by atoms with E-state index in [4.69, 9.17) is 14.2 Å². The SMILES string of the molecule is COCc1cc(C(C)=O)ccc1O[C@H](C)C(=O)Nc1ccc(N2CCOCC2)cc1. The van der Waals surface area contributed by atoms with Gasteiger partial charge in [0.2, 0.25) is 0 Å². The standard InChI is InChI=1S/C23H28N2O5/c1-16(26)18-4-9-22(19(14-18)15-28-3)30-17(2)23(27)24-20-5-7-21(8-6-20)25-10-12-29-13-11-25/h4-9,14,17H,10-13,15H2,1-3H3,(H,24,27)/t17-/m1/s1. The van der Waals surface area contributed by atoms with E-state index in [9.17, 15) is 9.59 Å². The first kappa shape index (κ1) is 21.8. The minimum Gasteiger partial charge on any atom is -0.481 e. The fourth-order valence-electron chi connectivity index (χ4n) is 3.25. The van der Waals surface area contributed by atoms with Crippen LogP contribution < -0.4 is 15.0 Å². The Morgan fingerprint density at radius 2 is 1.83 bits per heavy atom. The van der Waals surface area contributed by atoms with E-state index in [1.807, 2.05) is 24.3 Å². The van der Waals surface area contributed by atoms with Crippen molar-refractivity contribution in [2.24, 2.45) is 0 Å². The van der Waals surface area contributed by atoms with E-state index in [0.29, 0.717) is 17.0 Å². The molecule has 1 saturated heterocycles. The van der Waals surface area contributed by atoms with Crippen molar-refractivity contribution in [3.8, 4) is 5.75 Å². The number of amides is 1. The Hall–Kier alpha value is -2.90. The number of nitrogens with one attached hydrogen (secondary N) is 1. The summed E-state index contributed by atoms with van der Waals surface area (Å²) in [6.45, 7) is 6.66. The topological polar surface area (TPSA) is 77.1 Å². The fraction of sp³-hybridized carbons (Fsp3) is 0.391. The molecule has 1 amide bonds. The summed E-state index contributed by atoms with van der Waals surface area (Å²) < 4.78 is 16.4. The van der Waals surface area contributed by atoms with Gasteiger partial charge >= 0.3 is 0 Å². The zero-order valence-electron chi connectivity index (χ0n) is 17.6. The molecule has 160 valence electrons. The third-order valence-corrected chi connectivity index (χ3v) is 4.95. The molecule has 2 aromatic rings. The van der Waals surface area contributed by atoms with Crippen LogP contribution in [0.4, 0.5) is 11.4 Å². The van der Waals surface area contributed by atoms with E-state index in [0.717, 1.165) is 37.6 Å². The quantitative estimate of drug-likeness (QED) is 0.671. The number of nitrogens with zero attached hydrogens (tertiary/aromatic N) is 1. The lowest BCUT2D eigenvalue weighted by atomic mass is 10.1. The first-order valence-electron chi connectivity index (χ1n) is 10.0. The molecule has 1 N–H and O–H groups in total. The molecule has 7 heteroatoms. The largest absolute Gasteiger partial charge is 0.481 e. The van der Waals surface area contributed by atoms with Crippen molar-refractivity contribution >= 4 is 23.1 Å². The van der Waals surface area contributed by atoms with Crippen molar-refractivity contribution in [3.05, 3.63) is 53.6 Å². The van der Waals surface area contributed by atoms with E-state index in [2.05, 4.69) is 10.2 Å². The van der Waals surface area contributed by atoms with Gasteiger partial charge in [-0.15, -0.1) is 0 Å². The highest BCUT2D eigenvalue weighted by Crippen LogP contribution is 2.24. The first-order valence-corrected chi connectivity index (χ1v) is 10.0. The summed E-state index contributed by atoms with van der Waals surface area (Å²) in [4.78, 5) is 26.5. The molecule has 0 spiro atoms. The van der Waals surface area contributed by atoms with Gasteiger partial charge in [0, 0.05) is 42.7 Å². The number of carbonyl (C=O) groups excluding carboxylic acids is 2. The zero-order valence-corrected chi connectivity index (χ0v) is 17.6. The molecule has 1 atom stereocenters. The number of carbonyl (C=O) groups is 2. The van der Waals surface area contributed by atoms with Crippen LogP contribution in [0.1, 0.15) is 29.8 Å². The van der Waals surface area contributed by atoms with Crippen LogP contribution in [0.3, 0.4) is 0 Å². The van der Waals surface area contributed by atoms with Crippen molar-refractivity contribution in [1.29, 1.82) is 0 Å². The lowest BCUT2D eigenvalue weighted by molar-refractivity contribution is -0.122. The monoisotopic (exact) mass is 412 g/mol. The molecular weight excluding hydrogens is 384 g/mol. The van der Waals surface area contributed by atoms with Crippen molar-refractivity contribution < 1.29 is 23.8 Å². The van der Waals surface area contributed by atoms with Crippen LogP contribution in [0.5, 0.6) is 5.75 Å². The van der Waals surface area contributed by atoms with Crippen molar-refractivity contribution in [3.63, 3.8) is 0 Å². The van der Waals surface area contributed by atoms with E-state index < -0.39 is 6.10 Å². The van der Waals surface area contributed by atoms with Gasteiger partial charge in [-0.1, -0.05) is 0 Å². The van der Waals surface area contributed by atoms with Crippen LogP contribution in [0, 0.1) is 0 Å². The maximum Gasteiger partial charge on any atom is 0.265 e. The van der Waals surface area contributed by atoms with Crippen LogP contribution in [-0.2, 0) is 20.9 Å². The molecule has 2 aromatic carbocycles. The number of hydrogen-bond donors (Lipinski definition) is 1. The third-order valence-electron chi connectivity index (χ3n) is 4.95. The Bertz CT molecular complexity index is 876. The number of morpholine rings is 1. The van der Waals surface area contributed by atoms with Gasteiger partial charge in [0.25, 0.3) is 5.91 Å². The molecule has 1 heterocycles. The Balaban J connectivity index is 1.62. The number of methoxy groups -OCH3 is 1. The maximum atomic E-state index is 12.6. The number of ether oxygens (including phenoxy) is 3. The number of benzene rings is 2. The number of hydrogen-bond acceptors (Lipinski definition) is 6. The smallest absolute Gasteiger partial charge is 0.265 e. The average Bonchev–Trinajstić information content (AvgIpc) is 2.76. The number of rotatable bonds is 8. The van der Waals surface area contributed by atoms with Gasteiger partial charge in [-0.3, -0.25) is 9.59 Å². The second kappa shape index (κ2) is 10.2. The normalized spacial score (nSPS) is 14.8. The van der Waals surface area contributed by atoms with Gasteiger partial charge in [-0.25, -0.2) is 0 Å². The summed E-state index contributed by atoms with van der Waals surface area (Å²) in [7, 11) is 1.57. The Morgan fingerprint density at radius 3 is 2.47 bits per heavy atom. The second-order valence-electron chi connectivity index (χ2n) is 7.21. The van der Waals surface area contributed by atoms with Crippen molar-refractivity contribution in [2.75, 3.05) is 43.6 Å². The molecular formula is C23H28N2O5. The highest BCUT2D eigenvalue weighted by Gasteiger charge is 2.18. The van der Waals surface area contributed by atoms with Crippen molar-refractivity contribution in [2.45, 2.75) is 26.6 Å².